The molecule has 3 rings (SSSR count). The van der Waals surface area contributed by atoms with Crippen molar-refractivity contribution in [2.24, 2.45) is 11.8 Å². The van der Waals surface area contributed by atoms with Crippen molar-refractivity contribution in [3.63, 3.8) is 0 Å². The van der Waals surface area contributed by atoms with Crippen molar-refractivity contribution in [3.8, 4) is 5.75 Å². The Balaban J connectivity index is 1.71. The summed E-state index contributed by atoms with van der Waals surface area (Å²) in [5, 5.41) is 5.52. The number of pyridine rings is 1. The third-order valence-electron chi connectivity index (χ3n) is 5.40. The highest BCUT2D eigenvalue weighted by Gasteiger charge is 2.24. The number of piperidine rings is 1. The minimum absolute atomic E-state index is 0.149. The van der Waals surface area contributed by atoms with Crippen LogP contribution in [0.4, 0.5) is 5.69 Å². The van der Waals surface area contributed by atoms with Crippen LogP contribution >= 0.6 is 0 Å². The molecule has 0 saturated carbocycles. The van der Waals surface area contributed by atoms with E-state index in [0.29, 0.717) is 28.8 Å². The average Bonchev–Trinajstić information content (AvgIpc) is 2.77. The molecule has 2 amide bonds. The largest absolute Gasteiger partial charge is 0.497 e. The number of aromatic nitrogens is 1. The van der Waals surface area contributed by atoms with E-state index in [-0.39, 0.29) is 18.4 Å². The minimum Gasteiger partial charge on any atom is -0.497 e. The van der Waals surface area contributed by atoms with Crippen LogP contribution in [0.1, 0.15) is 36.2 Å². The summed E-state index contributed by atoms with van der Waals surface area (Å²) in [7, 11) is 1.61. The summed E-state index contributed by atoms with van der Waals surface area (Å²) >= 11 is 0. The van der Waals surface area contributed by atoms with Gasteiger partial charge in [-0.1, -0.05) is 20.4 Å². The van der Waals surface area contributed by atoms with Crippen molar-refractivity contribution in [2.45, 2.75) is 20.3 Å². The van der Waals surface area contributed by atoms with Crippen LogP contribution in [-0.2, 0) is 4.79 Å². The van der Waals surface area contributed by atoms with Gasteiger partial charge in [-0.2, -0.15) is 0 Å². The summed E-state index contributed by atoms with van der Waals surface area (Å²) in [4.78, 5) is 30.9. The van der Waals surface area contributed by atoms with Crippen LogP contribution in [0.25, 0.3) is 5.70 Å². The minimum atomic E-state index is -0.348. The molecule has 2 heterocycles. The first-order valence-electron chi connectivity index (χ1n) is 10.5. The summed E-state index contributed by atoms with van der Waals surface area (Å²) in [6.45, 7) is 10.5. The van der Waals surface area contributed by atoms with Gasteiger partial charge in [0.2, 0.25) is 5.91 Å². The fourth-order valence-electron chi connectivity index (χ4n) is 4.01. The van der Waals surface area contributed by atoms with Crippen LogP contribution in [0.15, 0.2) is 49.3 Å². The number of methoxy groups -OCH3 is 1. The molecule has 0 unspecified atom stereocenters. The number of rotatable bonds is 7. The van der Waals surface area contributed by atoms with Crippen LogP contribution in [-0.4, -0.2) is 48.4 Å². The molecule has 2 atom stereocenters. The number of carbonyl (C=O) groups is 2. The number of anilines is 1. The van der Waals surface area contributed by atoms with Gasteiger partial charge in [0.05, 0.1) is 24.9 Å². The zero-order chi connectivity index (χ0) is 22.4. The fraction of sp³-hybridized carbons (Fsp3) is 0.375. The lowest BCUT2D eigenvalue weighted by molar-refractivity contribution is -0.115. The first-order chi connectivity index (χ1) is 14.9. The Morgan fingerprint density at radius 3 is 2.61 bits per heavy atom. The van der Waals surface area contributed by atoms with Gasteiger partial charge < -0.3 is 20.3 Å². The quantitative estimate of drug-likeness (QED) is 0.715. The third-order valence-corrected chi connectivity index (χ3v) is 5.40. The number of hydrogen-bond donors (Lipinski definition) is 2. The number of hydrogen-bond acceptors (Lipinski definition) is 5. The molecule has 2 N–H and O–H groups in total. The van der Waals surface area contributed by atoms with E-state index in [0.717, 1.165) is 24.4 Å². The molecule has 1 aromatic heterocycles. The molecule has 1 aliphatic heterocycles. The summed E-state index contributed by atoms with van der Waals surface area (Å²) in [6, 6.07) is 8.80. The molecule has 0 spiro atoms. The average molecular weight is 423 g/mol. The number of likely N-dealkylation sites (tertiary alicyclic amines) is 1. The molecular formula is C24H30N4O3. The maximum absolute atomic E-state index is 12.5. The first-order valence-corrected chi connectivity index (χ1v) is 10.5. The number of ether oxygens (including phenoxy) is 1. The van der Waals surface area contributed by atoms with Gasteiger partial charge in [0.25, 0.3) is 5.91 Å². The van der Waals surface area contributed by atoms with Crippen LogP contribution in [0.3, 0.4) is 0 Å². The van der Waals surface area contributed by atoms with Gasteiger partial charge >= 0.3 is 0 Å². The van der Waals surface area contributed by atoms with Crippen molar-refractivity contribution >= 4 is 23.2 Å². The zero-order valence-corrected chi connectivity index (χ0v) is 18.4. The third kappa shape index (κ3) is 5.84. The molecule has 1 aliphatic rings. The number of nitrogens with zero attached hydrogens (tertiary/aromatic N) is 2. The lowest BCUT2D eigenvalue weighted by atomic mass is 9.91. The standard InChI is InChI=1S/C24H30N4O3/c1-16-10-17(2)15-28(14-16)18(3)21-11-20(31-4)7-8-22(21)27-23(29)13-26-24(30)19-6-5-9-25-12-19/h5-9,11-12,16-17H,3,10,13-15H2,1-2,4H3,(H,26,30)(H,27,29)/t16-,17+. The highest BCUT2D eigenvalue weighted by atomic mass is 16.5. The molecule has 0 radical (unpaired) electrons. The van der Waals surface area contributed by atoms with Crippen LogP contribution < -0.4 is 15.4 Å². The SMILES string of the molecule is C=C(c1cc(OC)ccc1NC(=O)CNC(=O)c1cccnc1)N1C[C@H](C)C[C@H](C)C1. The zero-order valence-electron chi connectivity index (χ0n) is 18.4. The molecule has 164 valence electrons. The topological polar surface area (TPSA) is 83.6 Å². The van der Waals surface area contributed by atoms with E-state index in [1.54, 1.807) is 37.6 Å². The van der Waals surface area contributed by atoms with Gasteiger partial charge in [-0.3, -0.25) is 14.6 Å². The van der Waals surface area contributed by atoms with Gasteiger partial charge in [0.1, 0.15) is 5.75 Å². The van der Waals surface area contributed by atoms with Gasteiger partial charge in [-0.25, -0.2) is 0 Å². The Hall–Kier alpha value is -3.35. The van der Waals surface area contributed by atoms with Gasteiger partial charge in [0.15, 0.2) is 0 Å². The van der Waals surface area contributed by atoms with E-state index in [1.807, 2.05) is 6.07 Å². The second-order valence-electron chi connectivity index (χ2n) is 8.18. The predicted octanol–water partition coefficient (Wildman–Crippen LogP) is 3.41. The van der Waals surface area contributed by atoms with Crippen molar-refractivity contribution in [2.75, 3.05) is 32.1 Å². The van der Waals surface area contributed by atoms with Crippen molar-refractivity contribution < 1.29 is 14.3 Å². The summed E-state index contributed by atoms with van der Waals surface area (Å²) in [6.07, 6.45) is 4.24. The first kappa shape index (κ1) is 22.3. The normalized spacial score (nSPS) is 18.2. The molecule has 1 fully saturated rings. The van der Waals surface area contributed by atoms with Crippen molar-refractivity contribution in [1.82, 2.24) is 15.2 Å². The van der Waals surface area contributed by atoms with Crippen LogP contribution in [0.5, 0.6) is 5.75 Å². The Bertz CT molecular complexity index is 935. The molecule has 0 bridgehead atoms. The molecule has 1 saturated heterocycles. The van der Waals surface area contributed by atoms with Crippen LogP contribution in [0.2, 0.25) is 0 Å². The van der Waals surface area contributed by atoms with E-state index in [9.17, 15) is 9.59 Å². The monoisotopic (exact) mass is 422 g/mol. The Morgan fingerprint density at radius 2 is 1.97 bits per heavy atom. The summed E-state index contributed by atoms with van der Waals surface area (Å²) in [5.41, 5.74) is 2.71. The number of amides is 2. The fourth-order valence-corrected chi connectivity index (χ4v) is 4.01. The van der Waals surface area contributed by atoms with Crippen LogP contribution in [0, 0.1) is 11.8 Å². The van der Waals surface area contributed by atoms with Gasteiger partial charge in [-0.15, -0.1) is 0 Å². The van der Waals surface area contributed by atoms with E-state index in [2.05, 4.69) is 40.9 Å². The summed E-state index contributed by atoms with van der Waals surface area (Å²) < 4.78 is 5.39. The molecular weight excluding hydrogens is 392 g/mol. The Labute approximate surface area is 183 Å². The van der Waals surface area contributed by atoms with E-state index < -0.39 is 0 Å². The number of benzene rings is 1. The highest BCUT2D eigenvalue weighted by Crippen LogP contribution is 2.33. The molecule has 31 heavy (non-hydrogen) atoms. The molecule has 7 nitrogen and oxygen atoms in total. The maximum atomic E-state index is 12.5. The second-order valence-corrected chi connectivity index (χ2v) is 8.18. The lowest BCUT2D eigenvalue weighted by Gasteiger charge is -2.38. The molecule has 0 aliphatic carbocycles. The Morgan fingerprint density at radius 1 is 1.23 bits per heavy atom. The summed E-state index contributed by atoms with van der Waals surface area (Å²) in [5.74, 6) is 1.17. The number of nitrogens with one attached hydrogen (secondary N) is 2. The smallest absolute Gasteiger partial charge is 0.253 e. The predicted molar refractivity (Wildman–Crippen MR) is 122 cm³/mol. The van der Waals surface area contributed by atoms with Crippen molar-refractivity contribution in [3.05, 3.63) is 60.4 Å². The molecule has 1 aromatic carbocycles. The molecule has 7 heteroatoms. The second kappa shape index (κ2) is 10.1. The maximum Gasteiger partial charge on any atom is 0.253 e. The highest BCUT2D eigenvalue weighted by molar-refractivity contribution is 6.00. The number of carbonyl (C=O) groups excluding carboxylic acids is 2. The van der Waals surface area contributed by atoms with Gasteiger partial charge in [0, 0.05) is 36.7 Å². The van der Waals surface area contributed by atoms with E-state index >= 15 is 0 Å². The van der Waals surface area contributed by atoms with Crippen molar-refractivity contribution in [1.29, 1.82) is 0 Å². The van der Waals surface area contributed by atoms with Gasteiger partial charge in [-0.05, 0) is 48.6 Å². The van der Waals surface area contributed by atoms with E-state index in [1.165, 1.54) is 12.6 Å². The lowest BCUT2D eigenvalue weighted by Crippen LogP contribution is -2.37. The van der Waals surface area contributed by atoms with E-state index in [4.69, 9.17) is 4.74 Å². The molecule has 2 aromatic rings. The Kier molecular flexibility index (Phi) is 7.28.